The highest BCUT2D eigenvalue weighted by Crippen LogP contribution is 2.23. The fourth-order valence-corrected chi connectivity index (χ4v) is 5.34. The highest BCUT2D eigenvalue weighted by atomic mass is 16.5. The molecule has 2 heterocycles. The third kappa shape index (κ3) is 6.76. The van der Waals surface area contributed by atoms with E-state index in [2.05, 4.69) is 31.5 Å². The van der Waals surface area contributed by atoms with Crippen LogP contribution in [0.15, 0.2) is 121 Å². The molecule has 0 spiro atoms. The maximum atomic E-state index is 13.4. The number of amides is 2. The molecule has 0 bridgehead atoms. The summed E-state index contributed by atoms with van der Waals surface area (Å²) in [5.74, 6) is -0.486. The summed E-state index contributed by atoms with van der Waals surface area (Å²) in [5.41, 5.74) is 8.55. The van der Waals surface area contributed by atoms with E-state index in [4.69, 9.17) is 4.74 Å². The minimum atomic E-state index is -0.951. The number of carbonyl (C=O) groups is 2. The van der Waals surface area contributed by atoms with Crippen LogP contribution in [0.3, 0.4) is 0 Å². The molecule has 9 nitrogen and oxygen atoms in total. The van der Waals surface area contributed by atoms with Gasteiger partial charge in [-0.15, -0.1) is 0 Å². The van der Waals surface area contributed by atoms with E-state index in [1.165, 1.54) is 0 Å². The van der Waals surface area contributed by atoms with Crippen LogP contribution in [0.25, 0.3) is 21.8 Å². The van der Waals surface area contributed by atoms with Crippen molar-refractivity contribution in [3.8, 4) is 6.07 Å². The predicted octanol–water partition coefficient (Wildman–Crippen LogP) is 6.03. The molecule has 6 aromatic rings. The second kappa shape index (κ2) is 13.4. The van der Waals surface area contributed by atoms with Crippen molar-refractivity contribution in [1.29, 1.82) is 5.26 Å². The number of ether oxygens (including phenoxy) is 1. The van der Waals surface area contributed by atoms with Crippen LogP contribution >= 0.6 is 0 Å². The van der Waals surface area contributed by atoms with Crippen molar-refractivity contribution in [2.45, 2.75) is 25.6 Å². The number of benzene rings is 4. The number of hydrazone groups is 1. The Labute approximate surface area is 259 Å². The van der Waals surface area contributed by atoms with E-state index in [0.29, 0.717) is 12.1 Å². The van der Waals surface area contributed by atoms with Crippen molar-refractivity contribution in [3.05, 3.63) is 143 Å². The minimum Gasteiger partial charge on any atom is -0.445 e. The first-order valence-corrected chi connectivity index (χ1v) is 14.5. The van der Waals surface area contributed by atoms with Crippen molar-refractivity contribution >= 4 is 40.0 Å². The normalized spacial score (nSPS) is 11.8. The molecular weight excluding hydrogens is 564 g/mol. The highest BCUT2D eigenvalue weighted by molar-refractivity contribution is 6.00. The molecule has 1 atom stereocenters. The number of nitrogens with one attached hydrogen (secondary N) is 3. The fourth-order valence-electron chi connectivity index (χ4n) is 5.34. The molecule has 3 N–H and O–H groups in total. The van der Waals surface area contributed by atoms with Gasteiger partial charge in [-0.25, -0.2) is 10.2 Å². The highest BCUT2D eigenvalue weighted by Gasteiger charge is 2.23. The lowest BCUT2D eigenvalue weighted by Gasteiger charge is -2.17. The van der Waals surface area contributed by atoms with Crippen LogP contribution in [0, 0.1) is 11.3 Å². The number of nitriles is 1. The lowest BCUT2D eigenvalue weighted by atomic mass is 10.0. The molecule has 0 saturated heterocycles. The Bertz CT molecular complexity index is 2040. The standard InChI is InChI=1S/C36H30N6O3/c37-19-26-12-4-5-13-27(26)22-42-23-29(31-15-7-9-17-34(31)42)21-39-41-35(43)33(18-28-20-38-32-16-8-6-14-30(28)32)40-36(44)45-24-25-10-2-1-3-11-25/h1-17,20-21,23,33,38H,18,22,24H2,(H,40,44)(H,41,43)/b39-21-/t33-/m0/s1. The lowest BCUT2D eigenvalue weighted by molar-refractivity contribution is -0.123. The van der Waals surface area contributed by atoms with E-state index < -0.39 is 18.0 Å². The zero-order valence-corrected chi connectivity index (χ0v) is 24.3. The Morgan fingerprint density at radius 3 is 2.49 bits per heavy atom. The molecule has 0 saturated carbocycles. The summed E-state index contributed by atoms with van der Waals surface area (Å²) in [4.78, 5) is 29.4. The number of carbonyl (C=O) groups excluding carboxylic acids is 2. The number of fused-ring (bicyclic) bond motifs is 2. The summed E-state index contributed by atoms with van der Waals surface area (Å²) in [5, 5.41) is 18.4. The van der Waals surface area contributed by atoms with Gasteiger partial charge in [0, 0.05) is 52.7 Å². The van der Waals surface area contributed by atoms with Crippen LogP contribution in [0.2, 0.25) is 0 Å². The van der Waals surface area contributed by atoms with Gasteiger partial charge in [0.2, 0.25) is 0 Å². The number of para-hydroxylation sites is 2. The topological polar surface area (TPSA) is 124 Å². The number of hydrogen-bond donors (Lipinski definition) is 3. The van der Waals surface area contributed by atoms with E-state index in [1.807, 2.05) is 109 Å². The zero-order valence-electron chi connectivity index (χ0n) is 24.3. The lowest BCUT2D eigenvalue weighted by Crippen LogP contribution is -2.47. The number of nitrogens with zero attached hydrogens (tertiary/aromatic N) is 3. The van der Waals surface area contributed by atoms with Gasteiger partial charge >= 0.3 is 6.09 Å². The first-order chi connectivity index (χ1) is 22.1. The van der Waals surface area contributed by atoms with Gasteiger partial charge in [-0.3, -0.25) is 4.79 Å². The SMILES string of the molecule is N#Cc1ccccc1Cn1cc(/C=N\NC(=O)[C@H](Cc2c[nH]c3ccccc23)NC(=O)OCc2ccccc2)c2ccccc21. The number of rotatable bonds is 10. The fraction of sp³-hybridized carbons (Fsp3) is 0.111. The number of alkyl carbamates (subject to hydrolysis) is 1. The second-order valence-corrected chi connectivity index (χ2v) is 10.6. The van der Waals surface area contributed by atoms with Crippen LogP contribution in [0.4, 0.5) is 4.79 Å². The van der Waals surface area contributed by atoms with Gasteiger partial charge in [0.05, 0.1) is 17.8 Å². The van der Waals surface area contributed by atoms with E-state index in [-0.39, 0.29) is 13.0 Å². The van der Waals surface area contributed by atoms with Crippen molar-refractivity contribution in [1.82, 2.24) is 20.3 Å². The average Bonchev–Trinajstić information content (AvgIpc) is 3.65. The largest absolute Gasteiger partial charge is 0.445 e. The molecule has 2 amide bonds. The molecular formula is C36H30N6O3. The minimum absolute atomic E-state index is 0.0785. The van der Waals surface area contributed by atoms with Gasteiger partial charge in [-0.05, 0) is 34.9 Å². The third-order valence-corrected chi connectivity index (χ3v) is 7.60. The summed E-state index contributed by atoms with van der Waals surface area (Å²) in [7, 11) is 0. The summed E-state index contributed by atoms with van der Waals surface area (Å²) < 4.78 is 7.46. The number of aromatic amines is 1. The molecule has 0 radical (unpaired) electrons. The van der Waals surface area contributed by atoms with Crippen LogP contribution in [0.1, 0.15) is 27.8 Å². The molecule has 0 aliphatic carbocycles. The first-order valence-electron chi connectivity index (χ1n) is 14.5. The summed E-state index contributed by atoms with van der Waals surface area (Å²) in [6.45, 7) is 0.585. The Morgan fingerprint density at radius 1 is 0.911 bits per heavy atom. The van der Waals surface area contributed by atoms with Gasteiger partial charge in [0.1, 0.15) is 12.6 Å². The third-order valence-electron chi connectivity index (χ3n) is 7.60. The number of H-pyrrole nitrogens is 1. The zero-order chi connectivity index (χ0) is 31.0. The van der Waals surface area contributed by atoms with Gasteiger partial charge in [0.25, 0.3) is 5.91 Å². The summed E-state index contributed by atoms with van der Waals surface area (Å²) in [6.07, 6.45) is 4.89. The van der Waals surface area contributed by atoms with E-state index in [0.717, 1.165) is 44.1 Å². The number of aromatic nitrogens is 2. The maximum absolute atomic E-state index is 13.4. The van der Waals surface area contributed by atoms with Crippen molar-refractivity contribution in [3.63, 3.8) is 0 Å². The van der Waals surface area contributed by atoms with Crippen molar-refractivity contribution in [2.75, 3.05) is 0 Å². The molecule has 0 aliphatic rings. The molecule has 0 fully saturated rings. The maximum Gasteiger partial charge on any atom is 0.408 e. The summed E-state index contributed by atoms with van der Waals surface area (Å²) in [6, 6.07) is 33.8. The molecule has 9 heteroatoms. The second-order valence-electron chi connectivity index (χ2n) is 10.6. The van der Waals surface area contributed by atoms with Gasteiger partial charge in [-0.1, -0.05) is 84.9 Å². The van der Waals surface area contributed by atoms with Crippen LogP contribution in [-0.2, 0) is 29.1 Å². The van der Waals surface area contributed by atoms with Crippen LogP contribution in [0.5, 0.6) is 0 Å². The monoisotopic (exact) mass is 594 g/mol. The Balaban J connectivity index is 1.20. The molecule has 0 unspecified atom stereocenters. The molecule has 0 aliphatic heterocycles. The molecule has 45 heavy (non-hydrogen) atoms. The Hall–Kier alpha value is -6.14. The average molecular weight is 595 g/mol. The van der Waals surface area contributed by atoms with Gasteiger partial charge in [-0.2, -0.15) is 10.4 Å². The predicted molar refractivity (Wildman–Crippen MR) is 173 cm³/mol. The molecule has 222 valence electrons. The first kappa shape index (κ1) is 29.0. The van der Waals surface area contributed by atoms with Crippen molar-refractivity contribution in [2.24, 2.45) is 5.10 Å². The molecule has 2 aromatic heterocycles. The van der Waals surface area contributed by atoms with E-state index in [9.17, 15) is 14.9 Å². The van der Waals surface area contributed by atoms with Gasteiger partial charge in [0.15, 0.2) is 0 Å². The van der Waals surface area contributed by atoms with Crippen LogP contribution in [-0.4, -0.2) is 33.8 Å². The van der Waals surface area contributed by atoms with Gasteiger partial charge < -0.3 is 19.6 Å². The Kier molecular flexibility index (Phi) is 8.65. The van der Waals surface area contributed by atoms with Crippen molar-refractivity contribution < 1.29 is 14.3 Å². The van der Waals surface area contributed by atoms with E-state index >= 15 is 0 Å². The summed E-state index contributed by atoms with van der Waals surface area (Å²) >= 11 is 0. The van der Waals surface area contributed by atoms with E-state index in [1.54, 1.807) is 12.3 Å². The quantitative estimate of drug-likeness (QED) is 0.132. The van der Waals surface area contributed by atoms with Crippen LogP contribution < -0.4 is 10.7 Å². The number of hydrogen-bond acceptors (Lipinski definition) is 5. The molecule has 6 rings (SSSR count). The Morgan fingerprint density at radius 2 is 1.64 bits per heavy atom. The molecule has 4 aromatic carbocycles. The smallest absolute Gasteiger partial charge is 0.408 e.